The molecule has 2 amide bonds. The van der Waals surface area contributed by atoms with Crippen molar-refractivity contribution in [3.05, 3.63) is 59.8 Å². The van der Waals surface area contributed by atoms with Crippen molar-refractivity contribution in [1.82, 2.24) is 9.88 Å². The zero-order chi connectivity index (χ0) is 19.7. The van der Waals surface area contributed by atoms with Gasteiger partial charge in [0, 0.05) is 13.1 Å². The predicted molar refractivity (Wildman–Crippen MR) is 110 cm³/mol. The number of fused-ring (bicyclic) bond motifs is 2. The number of hydrogen-bond acceptors (Lipinski definition) is 5. The summed E-state index contributed by atoms with van der Waals surface area (Å²) < 4.78 is 6.26. The number of nitrogens with one attached hydrogen (secondary N) is 1. The van der Waals surface area contributed by atoms with Crippen molar-refractivity contribution in [2.75, 3.05) is 12.4 Å². The molecule has 0 spiro atoms. The van der Waals surface area contributed by atoms with E-state index in [1.54, 1.807) is 18.2 Å². The minimum atomic E-state index is -0.345. The van der Waals surface area contributed by atoms with E-state index in [4.69, 9.17) is 4.74 Å². The largest absolute Gasteiger partial charge is 0.494 e. The van der Waals surface area contributed by atoms with Crippen molar-refractivity contribution in [1.29, 1.82) is 0 Å². The van der Waals surface area contributed by atoms with E-state index in [-0.39, 0.29) is 24.3 Å². The first kappa shape index (κ1) is 18.2. The lowest BCUT2D eigenvalue weighted by Gasteiger charge is -2.32. The molecule has 0 bridgehead atoms. The second-order valence-corrected chi connectivity index (χ2v) is 7.50. The van der Waals surface area contributed by atoms with Crippen LogP contribution in [0.4, 0.5) is 5.13 Å². The molecular formula is C21H19N3O3S. The molecule has 7 heteroatoms. The summed E-state index contributed by atoms with van der Waals surface area (Å²) in [6.07, 6.45) is 3.78. The highest BCUT2D eigenvalue weighted by atomic mass is 32.1. The molecule has 1 aliphatic rings. The summed E-state index contributed by atoms with van der Waals surface area (Å²) in [5.41, 5.74) is 2.70. The molecule has 142 valence electrons. The molecule has 0 aliphatic carbocycles. The molecule has 0 saturated carbocycles. The number of amides is 2. The van der Waals surface area contributed by atoms with E-state index in [0.29, 0.717) is 10.9 Å². The molecule has 1 aromatic heterocycles. The van der Waals surface area contributed by atoms with Gasteiger partial charge in [-0.15, -0.1) is 0 Å². The summed E-state index contributed by atoms with van der Waals surface area (Å²) >= 11 is 1.39. The molecular weight excluding hydrogens is 374 g/mol. The van der Waals surface area contributed by atoms with Crippen molar-refractivity contribution < 1.29 is 14.3 Å². The number of rotatable bonds is 4. The van der Waals surface area contributed by atoms with Gasteiger partial charge in [-0.3, -0.25) is 9.59 Å². The lowest BCUT2D eigenvalue weighted by molar-refractivity contribution is -0.129. The SMILES string of the molecule is COc1cccc2sc(NC(=O)CC3c4ccccc4C=CN3C(C)=O)nc12. The number of benzene rings is 2. The summed E-state index contributed by atoms with van der Waals surface area (Å²) in [6, 6.07) is 13.1. The Bertz CT molecular complexity index is 1090. The Hall–Kier alpha value is -3.19. The van der Waals surface area contributed by atoms with Crippen LogP contribution in [0.3, 0.4) is 0 Å². The highest BCUT2D eigenvalue weighted by molar-refractivity contribution is 7.22. The molecule has 1 atom stereocenters. The van der Waals surface area contributed by atoms with Crippen molar-refractivity contribution in [3.63, 3.8) is 0 Å². The van der Waals surface area contributed by atoms with Crippen molar-refractivity contribution >= 4 is 44.6 Å². The smallest absolute Gasteiger partial charge is 0.228 e. The topological polar surface area (TPSA) is 71.5 Å². The monoisotopic (exact) mass is 393 g/mol. The Balaban J connectivity index is 1.57. The molecule has 1 aliphatic heterocycles. The number of carbonyl (C=O) groups is 2. The van der Waals surface area contributed by atoms with E-state index in [2.05, 4.69) is 10.3 Å². The van der Waals surface area contributed by atoms with Crippen molar-refractivity contribution in [2.24, 2.45) is 0 Å². The number of thiazole rings is 1. The second-order valence-electron chi connectivity index (χ2n) is 6.47. The van der Waals surface area contributed by atoms with Gasteiger partial charge in [0.05, 0.1) is 24.3 Å². The van der Waals surface area contributed by atoms with Crippen LogP contribution in [-0.4, -0.2) is 28.8 Å². The molecule has 4 rings (SSSR count). The van der Waals surface area contributed by atoms with Crippen molar-refractivity contribution in [2.45, 2.75) is 19.4 Å². The van der Waals surface area contributed by atoms with Gasteiger partial charge in [-0.1, -0.05) is 41.7 Å². The van der Waals surface area contributed by atoms with Crippen LogP contribution in [0.15, 0.2) is 48.7 Å². The number of aromatic nitrogens is 1. The van der Waals surface area contributed by atoms with Gasteiger partial charge >= 0.3 is 0 Å². The Morgan fingerprint density at radius 1 is 1.21 bits per heavy atom. The number of hydrogen-bond donors (Lipinski definition) is 1. The molecule has 6 nitrogen and oxygen atoms in total. The average Bonchev–Trinajstić information content (AvgIpc) is 3.10. The predicted octanol–water partition coefficient (Wildman–Crippen LogP) is 4.21. The van der Waals surface area contributed by atoms with Crippen LogP contribution in [0.25, 0.3) is 16.3 Å². The number of ether oxygens (including phenoxy) is 1. The summed E-state index contributed by atoms with van der Waals surface area (Å²) in [4.78, 5) is 30.9. The van der Waals surface area contributed by atoms with Gasteiger partial charge in [0.2, 0.25) is 11.8 Å². The van der Waals surface area contributed by atoms with E-state index < -0.39 is 0 Å². The third-order valence-corrected chi connectivity index (χ3v) is 5.63. The highest BCUT2D eigenvalue weighted by Gasteiger charge is 2.28. The van der Waals surface area contributed by atoms with E-state index in [0.717, 1.165) is 21.3 Å². The van der Waals surface area contributed by atoms with Crippen LogP contribution in [0.2, 0.25) is 0 Å². The Kier molecular flexibility index (Phi) is 4.83. The molecule has 2 heterocycles. The normalized spacial score (nSPS) is 15.4. The Labute approximate surface area is 166 Å². The standard InChI is InChI=1S/C21H19N3O3S/c1-13(25)24-11-10-14-6-3-4-7-15(14)16(24)12-19(26)22-21-23-20-17(27-2)8-5-9-18(20)28-21/h3-11,16H,12H2,1-2H3,(H,22,23,26). The first-order chi connectivity index (χ1) is 13.6. The molecule has 3 aromatic rings. The highest BCUT2D eigenvalue weighted by Crippen LogP contribution is 2.35. The number of anilines is 1. The van der Waals surface area contributed by atoms with E-state index in [1.807, 2.05) is 48.5 Å². The van der Waals surface area contributed by atoms with E-state index in [1.165, 1.54) is 18.3 Å². The maximum Gasteiger partial charge on any atom is 0.228 e. The van der Waals surface area contributed by atoms with Gasteiger partial charge in [0.1, 0.15) is 11.3 Å². The molecule has 0 saturated heterocycles. The van der Waals surface area contributed by atoms with Crippen LogP contribution in [0.5, 0.6) is 5.75 Å². The number of para-hydroxylation sites is 1. The van der Waals surface area contributed by atoms with Gasteiger partial charge in [0.25, 0.3) is 0 Å². The molecule has 2 aromatic carbocycles. The number of carbonyl (C=O) groups excluding carboxylic acids is 2. The number of nitrogens with zero attached hydrogens (tertiary/aromatic N) is 2. The lowest BCUT2D eigenvalue weighted by Crippen LogP contribution is -2.33. The first-order valence-corrected chi connectivity index (χ1v) is 9.68. The molecule has 1 unspecified atom stereocenters. The fourth-order valence-electron chi connectivity index (χ4n) is 3.40. The van der Waals surface area contributed by atoms with Crippen LogP contribution >= 0.6 is 11.3 Å². The minimum absolute atomic E-state index is 0.103. The summed E-state index contributed by atoms with van der Waals surface area (Å²) in [5, 5.41) is 3.38. The second kappa shape index (κ2) is 7.44. The Morgan fingerprint density at radius 2 is 2.04 bits per heavy atom. The van der Waals surface area contributed by atoms with Crippen LogP contribution in [-0.2, 0) is 9.59 Å². The maximum atomic E-state index is 12.8. The van der Waals surface area contributed by atoms with Crippen LogP contribution in [0, 0.1) is 0 Å². The summed E-state index contributed by atoms with van der Waals surface area (Å²) in [7, 11) is 1.59. The first-order valence-electron chi connectivity index (χ1n) is 8.86. The van der Waals surface area contributed by atoms with E-state index in [9.17, 15) is 9.59 Å². The third kappa shape index (κ3) is 3.36. The molecule has 28 heavy (non-hydrogen) atoms. The fourth-order valence-corrected chi connectivity index (χ4v) is 4.30. The number of methoxy groups -OCH3 is 1. The van der Waals surface area contributed by atoms with Crippen molar-refractivity contribution in [3.8, 4) is 5.75 Å². The zero-order valence-corrected chi connectivity index (χ0v) is 16.3. The van der Waals surface area contributed by atoms with Gasteiger partial charge in [-0.05, 0) is 29.3 Å². The maximum absolute atomic E-state index is 12.8. The minimum Gasteiger partial charge on any atom is -0.494 e. The molecule has 0 fully saturated rings. The molecule has 0 radical (unpaired) electrons. The third-order valence-electron chi connectivity index (χ3n) is 4.70. The fraction of sp³-hybridized carbons (Fsp3) is 0.190. The zero-order valence-electron chi connectivity index (χ0n) is 15.5. The van der Waals surface area contributed by atoms with E-state index >= 15 is 0 Å². The van der Waals surface area contributed by atoms with Crippen LogP contribution < -0.4 is 10.1 Å². The van der Waals surface area contributed by atoms with Gasteiger partial charge in [-0.25, -0.2) is 4.98 Å². The Morgan fingerprint density at radius 3 is 2.82 bits per heavy atom. The van der Waals surface area contributed by atoms with Gasteiger partial charge < -0.3 is 15.0 Å². The molecule has 1 N–H and O–H groups in total. The quantitative estimate of drug-likeness (QED) is 0.721. The van der Waals surface area contributed by atoms with Gasteiger partial charge in [-0.2, -0.15) is 0 Å². The summed E-state index contributed by atoms with van der Waals surface area (Å²) in [6.45, 7) is 1.50. The van der Waals surface area contributed by atoms with Gasteiger partial charge in [0.15, 0.2) is 5.13 Å². The van der Waals surface area contributed by atoms with Crippen LogP contribution in [0.1, 0.15) is 30.5 Å². The lowest BCUT2D eigenvalue weighted by atomic mass is 9.93. The summed E-state index contributed by atoms with van der Waals surface area (Å²) in [5.74, 6) is 0.371. The average molecular weight is 393 g/mol.